The van der Waals surface area contributed by atoms with Crippen LogP contribution in [0.15, 0.2) is 30.5 Å². The number of ether oxygens (including phenoxy) is 1. The van der Waals surface area contributed by atoms with Crippen LogP contribution in [-0.2, 0) is 0 Å². The van der Waals surface area contributed by atoms with Gasteiger partial charge in [0.15, 0.2) is 5.82 Å². The van der Waals surface area contributed by atoms with Crippen LogP contribution in [0, 0.1) is 0 Å². The third kappa shape index (κ3) is 3.66. The molecule has 8 nitrogen and oxygen atoms in total. The minimum atomic E-state index is -0.0392. The van der Waals surface area contributed by atoms with Gasteiger partial charge in [-0.25, -0.2) is 14.8 Å². The summed E-state index contributed by atoms with van der Waals surface area (Å²) in [6, 6.07) is 7.89. The van der Waals surface area contributed by atoms with Gasteiger partial charge < -0.3 is 10.1 Å². The van der Waals surface area contributed by atoms with Crippen molar-refractivity contribution in [2.45, 2.75) is 45.1 Å². The van der Waals surface area contributed by atoms with E-state index in [4.69, 9.17) is 9.72 Å². The van der Waals surface area contributed by atoms with E-state index in [9.17, 15) is 4.79 Å². The van der Waals surface area contributed by atoms with Crippen LogP contribution >= 0.6 is 0 Å². The van der Waals surface area contributed by atoms with Crippen LogP contribution in [0.5, 0.6) is 5.75 Å². The maximum absolute atomic E-state index is 12.9. The zero-order valence-electron chi connectivity index (χ0n) is 17.3. The average molecular weight is 396 g/mol. The first-order chi connectivity index (χ1) is 14.1. The van der Waals surface area contributed by atoms with Crippen LogP contribution in [0.1, 0.15) is 39.0 Å². The van der Waals surface area contributed by atoms with E-state index >= 15 is 0 Å². The van der Waals surface area contributed by atoms with Crippen LogP contribution in [0.4, 0.5) is 27.9 Å². The molecule has 0 unspecified atom stereocenters. The van der Waals surface area contributed by atoms with E-state index in [1.165, 1.54) is 19.3 Å². The Hall–Kier alpha value is -3.03. The van der Waals surface area contributed by atoms with Gasteiger partial charge in [0.25, 0.3) is 0 Å². The highest BCUT2D eigenvalue weighted by atomic mass is 16.5. The second-order valence-electron chi connectivity index (χ2n) is 7.45. The van der Waals surface area contributed by atoms with Gasteiger partial charge in [0.05, 0.1) is 19.3 Å². The van der Waals surface area contributed by atoms with E-state index in [-0.39, 0.29) is 12.1 Å². The summed E-state index contributed by atoms with van der Waals surface area (Å²) in [5, 5.41) is 7.17. The molecular weight excluding hydrogens is 368 g/mol. The first kappa shape index (κ1) is 19.3. The molecule has 1 aliphatic heterocycles. The van der Waals surface area contributed by atoms with E-state index in [2.05, 4.69) is 15.3 Å². The average Bonchev–Trinajstić information content (AvgIpc) is 2.76. The minimum absolute atomic E-state index is 0.0392. The third-order valence-corrected chi connectivity index (χ3v) is 5.64. The van der Waals surface area contributed by atoms with Crippen molar-refractivity contribution in [3.05, 3.63) is 30.5 Å². The largest absolute Gasteiger partial charge is 0.497 e. The van der Waals surface area contributed by atoms with Crippen molar-refractivity contribution in [3.8, 4) is 5.75 Å². The number of carbonyl (C=O) groups is 1. The lowest BCUT2D eigenvalue weighted by molar-refractivity contribution is 0.184. The Morgan fingerprint density at radius 1 is 1.24 bits per heavy atom. The fourth-order valence-electron chi connectivity index (χ4n) is 4.13. The predicted molar refractivity (Wildman–Crippen MR) is 114 cm³/mol. The summed E-state index contributed by atoms with van der Waals surface area (Å²) >= 11 is 0. The van der Waals surface area contributed by atoms with Gasteiger partial charge in [-0.1, -0.05) is 25.3 Å². The molecule has 1 fully saturated rings. The van der Waals surface area contributed by atoms with E-state index < -0.39 is 0 Å². The molecule has 0 bridgehead atoms. The number of rotatable bonds is 5. The highest BCUT2D eigenvalue weighted by molar-refractivity contribution is 5.98. The molecular formula is C21H28N6O2. The molecule has 1 aromatic carbocycles. The first-order valence-corrected chi connectivity index (χ1v) is 10.2. The summed E-state index contributed by atoms with van der Waals surface area (Å²) in [4.78, 5) is 23.9. The molecule has 0 atom stereocenters. The topological polar surface area (TPSA) is 73.8 Å². The number of hydrogen-bond acceptors (Lipinski definition) is 6. The molecule has 1 aromatic heterocycles. The predicted octanol–water partition coefficient (Wildman–Crippen LogP) is 4.17. The maximum Gasteiger partial charge on any atom is 0.343 e. The van der Waals surface area contributed by atoms with Gasteiger partial charge in [-0.3, -0.25) is 9.91 Å². The van der Waals surface area contributed by atoms with E-state index in [0.29, 0.717) is 12.5 Å². The molecule has 0 spiro atoms. The number of benzene rings is 1. The lowest BCUT2D eigenvalue weighted by Gasteiger charge is -2.47. The molecule has 1 saturated carbocycles. The number of anilines is 4. The number of hydrazine groups is 1. The lowest BCUT2D eigenvalue weighted by atomic mass is 9.94. The number of nitrogens with one attached hydrogen (secondary N) is 1. The Morgan fingerprint density at radius 3 is 2.76 bits per heavy atom. The van der Waals surface area contributed by atoms with Gasteiger partial charge in [0.2, 0.25) is 5.95 Å². The smallest absolute Gasteiger partial charge is 0.343 e. The SMILES string of the molecule is CCN1C(=O)N(C)c2cnc(Nc3cccc(OC)c3)nc2N1C1CCCCC1. The molecule has 154 valence electrons. The van der Waals surface area contributed by atoms with Crippen LogP contribution in [0.3, 0.4) is 0 Å². The van der Waals surface area contributed by atoms with Gasteiger partial charge in [-0.05, 0) is 31.9 Å². The van der Waals surface area contributed by atoms with Gasteiger partial charge in [-0.2, -0.15) is 4.98 Å². The maximum atomic E-state index is 12.9. The Morgan fingerprint density at radius 2 is 2.03 bits per heavy atom. The van der Waals surface area contributed by atoms with Crippen LogP contribution in [0.2, 0.25) is 0 Å². The molecule has 2 aromatic rings. The number of carbonyl (C=O) groups excluding carboxylic acids is 1. The second kappa shape index (κ2) is 8.14. The second-order valence-corrected chi connectivity index (χ2v) is 7.45. The lowest BCUT2D eigenvalue weighted by Crippen LogP contribution is -2.59. The zero-order chi connectivity index (χ0) is 20.4. The Balaban J connectivity index is 1.71. The van der Waals surface area contributed by atoms with E-state index in [0.717, 1.165) is 35.8 Å². The van der Waals surface area contributed by atoms with Crippen LogP contribution in [-0.4, -0.2) is 47.8 Å². The molecule has 8 heteroatoms. The summed E-state index contributed by atoms with van der Waals surface area (Å²) in [7, 11) is 3.42. The summed E-state index contributed by atoms with van der Waals surface area (Å²) in [6.07, 6.45) is 7.47. The normalized spacial score (nSPS) is 17.3. The van der Waals surface area contributed by atoms with Crippen LogP contribution in [0.25, 0.3) is 0 Å². The molecule has 1 aliphatic carbocycles. The van der Waals surface area contributed by atoms with Crippen molar-refractivity contribution in [2.24, 2.45) is 0 Å². The van der Waals surface area contributed by atoms with Crippen molar-refractivity contribution >= 4 is 29.2 Å². The van der Waals surface area contributed by atoms with E-state index in [1.54, 1.807) is 30.3 Å². The molecule has 1 N–H and O–H groups in total. The van der Waals surface area contributed by atoms with E-state index in [1.807, 2.05) is 31.2 Å². The van der Waals surface area contributed by atoms with Crippen molar-refractivity contribution < 1.29 is 9.53 Å². The molecule has 0 radical (unpaired) electrons. The van der Waals surface area contributed by atoms with Gasteiger partial charge >= 0.3 is 6.03 Å². The molecule has 2 heterocycles. The standard InChI is InChI=1S/C21H28N6O2/c1-4-26-21(28)25(2)18-14-22-20(23-15-9-8-12-17(13-15)29-3)24-19(18)27(26)16-10-6-5-7-11-16/h8-9,12-14,16H,4-7,10-11H2,1-3H3,(H,22,23,24). The summed E-state index contributed by atoms with van der Waals surface area (Å²) in [6.45, 7) is 2.60. The number of fused-ring (bicyclic) bond motifs is 1. The third-order valence-electron chi connectivity index (χ3n) is 5.64. The highest BCUT2D eigenvalue weighted by Gasteiger charge is 2.39. The van der Waals surface area contributed by atoms with Crippen molar-refractivity contribution in [1.82, 2.24) is 15.0 Å². The Kier molecular flexibility index (Phi) is 5.42. The molecule has 2 amide bonds. The molecule has 0 saturated heterocycles. The first-order valence-electron chi connectivity index (χ1n) is 10.2. The highest BCUT2D eigenvalue weighted by Crippen LogP contribution is 2.38. The number of aromatic nitrogens is 2. The number of urea groups is 1. The number of nitrogens with zero attached hydrogens (tertiary/aromatic N) is 5. The van der Waals surface area contributed by atoms with Crippen molar-refractivity contribution in [2.75, 3.05) is 35.9 Å². The quantitative estimate of drug-likeness (QED) is 0.817. The zero-order valence-corrected chi connectivity index (χ0v) is 17.3. The molecule has 2 aliphatic rings. The summed E-state index contributed by atoms with van der Waals surface area (Å²) in [5.74, 6) is 2.04. The monoisotopic (exact) mass is 396 g/mol. The van der Waals surface area contributed by atoms with Gasteiger partial charge in [0, 0.05) is 25.3 Å². The summed E-state index contributed by atoms with van der Waals surface area (Å²) < 4.78 is 5.29. The van der Waals surface area contributed by atoms with Gasteiger partial charge in [-0.15, -0.1) is 0 Å². The fraction of sp³-hybridized carbons (Fsp3) is 0.476. The van der Waals surface area contributed by atoms with Crippen molar-refractivity contribution in [1.29, 1.82) is 0 Å². The number of methoxy groups -OCH3 is 1. The summed E-state index contributed by atoms with van der Waals surface area (Å²) in [5.41, 5.74) is 1.59. The Labute approximate surface area is 171 Å². The van der Waals surface area contributed by atoms with Crippen molar-refractivity contribution in [3.63, 3.8) is 0 Å². The van der Waals surface area contributed by atoms with Crippen LogP contribution < -0.4 is 20.0 Å². The molecule has 4 rings (SSSR count). The fourth-order valence-corrected chi connectivity index (χ4v) is 4.13. The number of amides is 2. The molecule has 29 heavy (non-hydrogen) atoms. The minimum Gasteiger partial charge on any atom is -0.497 e. The van der Waals surface area contributed by atoms with Gasteiger partial charge in [0.1, 0.15) is 11.4 Å². The number of hydrogen-bond donors (Lipinski definition) is 1. The Bertz CT molecular complexity index is 883.